The fourth-order valence-electron chi connectivity index (χ4n) is 1.47. The van der Waals surface area contributed by atoms with Crippen LogP contribution in [0, 0.1) is 0 Å². The van der Waals surface area contributed by atoms with Crippen molar-refractivity contribution < 1.29 is 13.2 Å². The minimum absolute atomic E-state index is 0.0511. The van der Waals surface area contributed by atoms with E-state index >= 15 is 0 Å². The zero-order valence-electron chi connectivity index (χ0n) is 11.5. The largest absolute Gasteiger partial charge is 0.355 e. The molecule has 20 heavy (non-hydrogen) atoms. The maximum absolute atomic E-state index is 11.9. The summed E-state index contributed by atoms with van der Waals surface area (Å²) in [5.74, 6) is 1.73. The van der Waals surface area contributed by atoms with E-state index in [2.05, 4.69) is 10.0 Å². The van der Waals surface area contributed by atoms with Crippen molar-refractivity contribution in [3.63, 3.8) is 0 Å². The van der Waals surface area contributed by atoms with E-state index < -0.39 is 10.0 Å². The molecule has 0 heterocycles. The number of benzene rings is 1. The third-order valence-corrected chi connectivity index (χ3v) is 4.85. The van der Waals surface area contributed by atoms with Gasteiger partial charge in [0.1, 0.15) is 0 Å². The predicted octanol–water partition coefficient (Wildman–Crippen LogP) is 1.22. The molecule has 0 spiro atoms. The molecule has 0 aliphatic carbocycles. The Labute approximate surface area is 124 Å². The maximum Gasteiger partial charge on any atom is 0.240 e. The highest BCUT2D eigenvalue weighted by atomic mass is 32.2. The quantitative estimate of drug-likeness (QED) is 0.672. The number of hydrogen-bond donors (Lipinski definition) is 2. The van der Waals surface area contributed by atoms with Crippen molar-refractivity contribution in [3.05, 3.63) is 30.3 Å². The van der Waals surface area contributed by atoms with Crippen molar-refractivity contribution in [2.45, 2.75) is 18.2 Å². The van der Waals surface area contributed by atoms with Gasteiger partial charge in [-0.15, -0.1) is 0 Å². The third-order valence-electron chi connectivity index (χ3n) is 2.47. The van der Waals surface area contributed by atoms with E-state index in [9.17, 15) is 13.2 Å². The first-order valence-electron chi connectivity index (χ1n) is 6.45. The Morgan fingerprint density at radius 3 is 2.55 bits per heavy atom. The number of nitrogens with one attached hydrogen (secondary N) is 2. The Bertz CT molecular complexity index is 504. The number of carbonyl (C=O) groups excluding carboxylic acids is 1. The van der Waals surface area contributed by atoms with Crippen molar-refractivity contribution in [2.75, 3.05) is 24.6 Å². The Hall–Kier alpha value is -1.05. The molecule has 112 valence electrons. The highest BCUT2D eigenvalue weighted by Gasteiger charge is 2.12. The van der Waals surface area contributed by atoms with Gasteiger partial charge in [-0.25, -0.2) is 13.1 Å². The molecule has 0 aliphatic rings. The minimum atomic E-state index is -3.48. The molecule has 0 saturated heterocycles. The first-order chi connectivity index (χ1) is 9.56. The predicted molar refractivity (Wildman–Crippen MR) is 82.3 cm³/mol. The van der Waals surface area contributed by atoms with Gasteiger partial charge in [-0.1, -0.05) is 25.1 Å². The molecule has 1 aromatic rings. The molecule has 0 bridgehead atoms. The van der Waals surface area contributed by atoms with Gasteiger partial charge < -0.3 is 5.32 Å². The molecule has 2 N–H and O–H groups in total. The number of amides is 1. The fourth-order valence-corrected chi connectivity index (χ4v) is 3.14. The molecular weight excluding hydrogens is 296 g/mol. The second-order valence-corrected chi connectivity index (χ2v) is 7.17. The lowest BCUT2D eigenvalue weighted by molar-refractivity contribution is -0.120. The van der Waals surface area contributed by atoms with E-state index in [1.807, 2.05) is 6.92 Å². The van der Waals surface area contributed by atoms with Crippen LogP contribution in [0.4, 0.5) is 0 Å². The molecule has 0 unspecified atom stereocenters. The van der Waals surface area contributed by atoms with Crippen LogP contribution in [0.3, 0.4) is 0 Å². The molecule has 7 heteroatoms. The normalized spacial score (nSPS) is 11.2. The van der Waals surface area contributed by atoms with Crippen LogP contribution in [-0.2, 0) is 14.8 Å². The molecule has 1 rings (SSSR count). The van der Waals surface area contributed by atoms with Crippen molar-refractivity contribution in [1.82, 2.24) is 10.0 Å². The molecule has 0 atom stereocenters. The lowest BCUT2D eigenvalue weighted by atomic mass is 10.4. The van der Waals surface area contributed by atoms with Crippen LogP contribution < -0.4 is 10.0 Å². The van der Waals surface area contributed by atoms with Crippen molar-refractivity contribution >= 4 is 27.7 Å². The van der Waals surface area contributed by atoms with Crippen molar-refractivity contribution in [2.24, 2.45) is 0 Å². The van der Waals surface area contributed by atoms with Gasteiger partial charge in [0.2, 0.25) is 15.9 Å². The summed E-state index contributed by atoms with van der Waals surface area (Å²) in [6.07, 6.45) is 0.462. The second-order valence-electron chi connectivity index (χ2n) is 4.01. The van der Waals surface area contributed by atoms with Crippen LogP contribution in [0.2, 0.25) is 0 Å². The van der Waals surface area contributed by atoms with Gasteiger partial charge in [-0.05, 0) is 17.9 Å². The number of carbonyl (C=O) groups is 1. The average Bonchev–Trinajstić information content (AvgIpc) is 2.45. The highest BCUT2D eigenvalue weighted by Crippen LogP contribution is 2.06. The molecule has 0 aromatic heterocycles. The summed E-state index contributed by atoms with van der Waals surface area (Å²) in [5, 5.41) is 2.69. The van der Waals surface area contributed by atoms with Gasteiger partial charge in [0.15, 0.2) is 0 Å². The van der Waals surface area contributed by atoms with Gasteiger partial charge in [0, 0.05) is 25.3 Å². The summed E-state index contributed by atoms with van der Waals surface area (Å²) in [6.45, 7) is 2.52. The van der Waals surface area contributed by atoms with Crippen LogP contribution in [0.5, 0.6) is 0 Å². The van der Waals surface area contributed by atoms with Crippen LogP contribution in [-0.4, -0.2) is 38.9 Å². The number of sulfonamides is 1. The zero-order valence-corrected chi connectivity index (χ0v) is 13.1. The van der Waals surface area contributed by atoms with E-state index in [4.69, 9.17) is 0 Å². The fraction of sp³-hybridized carbons (Fsp3) is 0.462. The number of thioether (sulfide) groups is 1. The summed E-state index contributed by atoms with van der Waals surface area (Å²) in [5.41, 5.74) is 0. The van der Waals surface area contributed by atoms with E-state index in [0.717, 1.165) is 11.5 Å². The molecular formula is C13H20N2O3S2. The monoisotopic (exact) mass is 316 g/mol. The Morgan fingerprint density at radius 2 is 1.90 bits per heavy atom. The van der Waals surface area contributed by atoms with Crippen LogP contribution in [0.25, 0.3) is 0 Å². The second kappa shape index (κ2) is 8.99. The van der Waals surface area contributed by atoms with Gasteiger partial charge in [0.25, 0.3) is 0 Å². The minimum Gasteiger partial charge on any atom is -0.355 e. The summed E-state index contributed by atoms with van der Waals surface area (Å²) < 4.78 is 26.2. The van der Waals surface area contributed by atoms with Crippen molar-refractivity contribution in [1.29, 1.82) is 0 Å². The molecule has 0 radical (unpaired) electrons. The third kappa shape index (κ3) is 6.40. The molecule has 0 fully saturated rings. The first-order valence-corrected chi connectivity index (χ1v) is 9.09. The topological polar surface area (TPSA) is 75.3 Å². The van der Waals surface area contributed by atoms with Crippen LogP contribution in [0.15, 0.2) is 35.2 Å². The summed E-state index contributed by atoms with van der Waals surface area (Å²) in [6, 6.07) is 8.16. The number of hydrogen-bond acceptors (Lipinski definition) is 4. The van der Waals surface area contributed by atoms with E-state index in [1.165, 1.54) is 12.1 Å². The van der Waals surface area contributed by atoms with Crippen molar-refractivity contribution in [3.8, 4) is 0 Å². The van der Waals surface area contributed by atoms with Crippen LogP contribution in [0.1, 0.15) is 13.3 Å². The Balaban J connectivity index is 2.26. The lowest BCUT2D eigenvalue weighted by Gasteiger charge is -2.08. The lowest BCUT2D eigenvalue weighted by Crippen LogP contribution is -2.34. The Morgan fingerprint density at radius 1 is 1.20 bits per heavy atom. The van der Waals surface area contributed by atoms with E-state index in [0.29, 0.717) is 13.0 Å². The molecule has 0 saturated carbocycles. The van der Waals surface area contributed by atoms with E-state index in [1.54, 1.807) is 30.0 Å². The first kappa shape index (κ1) is 17.0. The Kier molecular flexibility index (Phi) is 7.64. The van der Waals surface area contributed by atoms with Gasteiger partial charge in [-0.2, -0.15) is 11.8 Å². The smallest absolute Gasteiger partial charge is 0.240 e. The van der Waals surface area contributed by atoms with E-state index in [-0.39, 0.29) is 17.3 Å². The SMILES string of the molecule is CCSCCC(=O)NCCNS(=O)(=O)c1ccccc1. The standard InChI is InChI=1S/C13H20N2O3S2/c1-2-19-11-8-13(16)14-9-10-15-20(17,18)12-6-4-3-5-7-12/h3-7,15H,2,8-11H2,1H3,(H,14,16). The highest BCUT2D eigenvalue weighted by molar-refractivity contribution is 7.99. The number of rotatable bonds is 9. The zero-order chi connectivity index (χ0) is 14.8. The van der Waals surface area contributed by atoms with Gasteiger partial charge >= 0.3 is 0 Å². The molecule has 5 nitrogen and oxygen atoms in total. The summed E-state index contributed by atoms with van der Waals surface area (Å²) in [7, 11) is -3.48. The average molecular weight is 316 g/mol. The van der Waals surface area contributed by atoms with Gasteiger partial charge in [0.05, 0.1) is 4.90 Å². The molecule has 1 amide bonds. The summed E-state index contributed by atoms with van der Waals surface area (Å²) in [4.78, 5) is 11.6. The maximum atomic E-state index is 11.9. The van der Waals surface area contributed by atoms with Crippen LogP contribution >= 0.6 is 11.8 Å². The molecule has 1 aromatic carbocycles. The summed E-state index contributed by atoms with van der Waals surface area (Å²) >= 11 is 1.70. The molecule has 0 aliphatic heterocycles. The van der Waals surface area contributed by atoms with Gasteiger partial charge in [-0.3, -0.25) is 4.79 Å².